The molecule has 1 saturated heterocycles. The van der Waals surface area contributed by atoms with Crippen molar-refractivity contribution in [1.29, 1.82) is 0 Å². The summed E-state index contributed by atoms with van der Waals surface area (Å²) in [7, 11) is 1.41. The van der Waals surface area contributed by atoms with Crippen LogP contribution in [0.4, 0.5) is 5.69 Å². The molecule has 0 bridgehead atoms. The zero-order valence-electron chi connectivity index (χ0n) is 18.2. The molecule has 3 rings (SSSR count). The molecule has 0 aliphatic carbocycles. The molecule has 1 unspecified atom stereocenters. The highest BCUT2D eigenvalue weighted by Gasteiger charge is 2.31. The molecule has 0 spiro atoms. The van der Waals surface area contributed by atoms with E-state index in [1.165, 1.54) is 54.6 Å². The second kappa shape index (κ2) is 11.3. The van der Waals surface area contributed by atoms with Crippen molar-refractivity contribution in [3.8, 4) is 0 Å². The van der Waals surface area contributed by atoms with Crippen LogP contribution in [0.5, 0.6) is 0 Å². The summed E-state index contributed by atoms with van der Waals surface area (Å²) in [5.74, 6) is -0.0348. The van der Waals surface area contributed by atoms with Crippen LogP contribution in [0, 0.1) is 0 Å². The number of hydrogen-bond donors (Lipinski definition) is 0. The van der Waals surface area contributed by atoms with Gasteiger partial charge < -0.3 is 9.64 Å². The van der Waals surface area contributed by atoms with Crippen molar-refractivity contribution in [2.45, 2.75) is 77.2 Å². The molecular formula is C25H33NO3S. The summed E-state index contributed by atoms with van der Waals surface area (Å²) in [6.07, 6.45) is 10.7. The van der Waals surface area contributed by atoms with Crippen LogP contribution in [0.1, 0.15) is 78.4 Å². The third kappa shape index (κ3) is 5.94. The highest BCUT2D eigenvalue weighted by molar-refractivity contribution is 7.13. The monoisotopic (exact) mass is 427 g/mol. The van der Waals surface area contributed by atoms with Gasteiger partial charge in [-0.3, -0.25) is 4.79 Å². The quantitative estimate of drug-likeness (QED) is 0.318. The van der Waals surface area contributed by atoms with E-state index in [1.807, 2.05) is 17.0 Å². The SMILES string of the molecule is CCCCCCc1ccc(N2C(=O)CCC2CCCc2ccc(C(=O)OC)s2)cc1. The van der Waals surface area contributed by atoms with Gasteiger partial charge >= 0.3 is 5.97 Å². The van der Waals surface area contributed by atoms with E-state index in [4.69, 9.17) is 4.74 Å². The van der Waals surface area contributed by atoms with E-state index in [-0.39, 0.29) is 17.9 Å². The first-order chi connectivity index (χ1) is 14.6. The molecule has 4 nitrogen and oxygen atoms in total. The maximum Gasteiger partial charge on any atom is 0.348 e. The Kier molecular flexibility index (Phi) is 8.50. The number of hydrogen-bond acceptors (Lipinski definition) is 4. The normalized spacial score (nSPS) is 16.3. The molecule has 5 heteroatoms. The lowest BCUT2D eigenvalue weighted by Gasteiger charge is -2.25. The number of aryl methyl sites for hydroxylation is 2. The number of amides is 1. The van der Waals surface area contributed by atoms with Crippen molar-refractivity contribution in [3.63, 3.8) is 0 Å². The lowest BCUT2D eigenvalue weighted by atomic mass is 10.0. The van der Waals surface area contributed by atoms with Crippen LogP contribution in [0.15, 0.2) is 36.4 Å². The Balaban J connectivity index is 1.52. The highest BCUT2D eigenvalue weighted by Crippen LogP contribution is 2.30. The summed E-state index contributed by atoms with van der Waals surface area (Å²) in [4.78, 5) is 28.0. The lowest BCUT2D eigenvalue weighted by molar-refractivity contribution is -0.117. The standard InChI is InChI=1S/C25H33NO3S/c1-3-4-5-6-8-19-11-13-21(14-12-19)26-20(15-18-24(26)27)9-7-10-22-16-17-23(30-22)25(28)29-2/h11-14,16-17,20H,3-10,15,18H2,1-2H3. The zero-order chi connectivity index (χ0) is 21.3. The number of carbonyl (C=O) groups is 2. The number of nitrogens with zero attached hydrogens (tertiary/aromatic N) is 1. The van der Waals surface area contributed by atoms with Crippen molar-refractivity contribution >= 4 is 28.9 Å². The van der Waals surface area contributed by atoms with Gasteiger partial charge in [0.15, 0.2) is 0 Å². The highest BCUT2D eigenvalue weighted by atomic mass is 32.1. The molecule has 0 radical (unpaired) electrons. The molecular weight excluding hydrogens is 394 g/mol. The fraction of sp³-hybridized carbons (Fsp3) is 0.520. The largest absolute Gasteiger partial charge is 0.465 e. The van der Waals surface area contributed by atoms with Gasteiger partial charge in [0.25, 0.3) is 0 Å². The lowest BCUT2D eigenvalue weighted by Crippen LogP contribution is -2.32. The molecule has 0 N–H and O–H groups in total. The van der Waals surface area contributed by atoms with Gasteiger partial charge in [-0.05, 0) is 68.4 Å². The van der Waals surface area contributed by atoms with Gasteiger partial charge in [0.1, 0.15) is 4.88 Å². The van der Waals surface area contributed by atoms with E-state index in [2.05, 4.69) is 31.2 Å². The number of ether oxygens (including phenoxy) is 1. The molecule has 30 heavy (non-hydrogen) atoms. The molecule has 1 fully saturated rings. The van der Waals surface area contributed by atoms with Crippen molar-refractivity contribution in [2.75, 3.05) is 12.0 Å². The van der Waals surface area contributed by atoms with E-state index in [1.54, 1.807) is 0 Å². The number of esters is 1. The van der Waals surface area contributed by atoms with E-state index in [0.717, 1.165) is 37.8 Å². The first kappa shape index (κ1) is 22.5. The van der Waals surface area contributed by atoms with Crippen molar-refractivity contribution < 1.29 is 14.3 Å². The minimum atomic E-state index is -0.271. The third-order valence-corrected chi connectivity index (χ3v) is 6.99. The Labute approximate surface area is 184 Å². The van der Waals surface area contributed by atoms with Crippen LogP contribution in [-0.4, -0.2) is 25.0 Å². The third-order valence-electron chi connectivity index (χ3n) is 5.87. The van der Waals surface area contributed by atoms with Gasteiger partial charge in [0, 0.05) is 23.0 Å². The van der Waals surface area contributed by atoms with Gasteiger partial charge in [-0.25, -0.2) is 4.79 Å². The fourth-order valence-electron chi connectivity index (χ4n) is 4.19. The predicted molar refractivity (Wildman–Crippen MR) is 123 cm³/mol. The fourth-order valence-corrected chi connectivity index (χ4v) is 5.15. The Morgan fingerprint density at radius 1 is 1.07 bits per heavy atom. The first-order valence-electron chi connectivity index (χ1n) is 11.2. The molecule has 2 aromatic rings. The maximum absolute atomic E-state index is 12.5. The molecule has 2 heterocycles. The van der Waals surface area contributed by atoms with Gasteiger partial charge in [-0.15, -0.1) is 11.3 Å². The van der Waals surface area contributed by atoms with E-state index >= 15 is 0 Å². The average Bonchev–Trinajstić information content (AvgIpc) is 3.38. The van der Waals surface area contributed by atoms with Gasteiger partial charge in [0.2, 0.25) is 5.91 Å². The topological polar surface area (TPSA) is 46.6 Å². The van der Waals surface area contributed by atoms with Gasteiger partial charge in [-0.2, -0.15) is 0 Å². The average molecular weight is 428 g/mol. The molecule has 1 aliphatic rings. The van der Waals surface area contributed by atoms with E-state index < -0.39 is 0 Å². The second-order valence-corrected chi connectivity index (χ2v) is 9.25. The summed E-state index contributed by atoms with van der Waals surface area (Å²) >= 11 is 1.50. The van der Waals surface area contributed by atoms with Gasteiger partial charge in [-0.1, -0.05) is 38.3 Å². The van der Waals surface area contributed by atoms with Crippen LogP contribution in [0.2, 0.25) is 0 Å². The number of methoxy groups -OCH3 is 1. The summed E-state index contributed by atoms with van der Waals surface area (Å²) in [5.41, 5.74) is 2.39. The van der Waals surface area contributed by atoms with Crippen LogP contribution in [-0.2, 0) is 22.4 Å². The number of rotatable bonds is 11. The predicted octanol–water partition coefficient (Wildman–Crippen LogP) is 6.18. The second-order valence-electron chi connectivity index (χ2n) is 8.08. The molecule has 0 saturated carbocycles. The number of anilines is 1. The molecule has 1 aromatic carbocycles. The number of unbranched alkanes of at least 4 members (excludes halogenated alkanes) is 3. The summed E-state index contributed by atoms with van der Waals surface area (Å²) in [5, 5.41) is 0. The molecule has 1 aromatic heterocycles. The summed E-state index contributed by atoms with van der Waals surface area (Å²) in [6.45, 7) is 2.23. The van der Waals surface area contributed by atoms with Crippen molar-refractivity contribution in [1.82, 2.24) is 0 Å². The Bertz CT molecular complexity index is 827. The zero-order valence-corrected chi connectivity index (χ0v) is 19.0. The Morgan fingerprint density at radius 2 is 1.87 bits per heavy atom. The van der Waals surface area contributed by atoms with Crippen LogP contribution >= 0.6 is 11.3 Å². The first-order valence-corrected chi connectivity index (χ1v) is 12.0. The summed E-state index contributed by atoms with van der Waals surface area (Å²) < 4.78 is 4.78. The van der Waals surface area contributed by atoms with E-state index in [0.29, 0.717) is 11.3 Å². The van der Waals surface area contributed by atoms with Crippen molar-refractivity contribution in [3.05, 3.63) is 51.7 Å². The van der Waals surface area contributed by atoms with Crippen LogP contribution in [0.25, 0.3) is 0 Å². The minimum Gasteiger partial charge on any atom is -0.465 e. The molecule has 162 valence electrons. The van der Waals surface area contributed by atoms with Crippen LogP contribution < -0.4 is 4.90 Å². The number of benzene rings is 1. The van der Waals surface area contributed by atoms with E-state index in [9.17, 15) is 9.59 Å². The van der Waals surface area contributed by atoms with Gasteiger partial charge in [0.05, 0.1) is 7.11 Å². The maximum atomic E-state index is 12.5. The molecule has 1 atom stereocenters. The molecule has 1 amide bonds. The summed E-state index contributed by atoms with van der Waals surface area (Å²) in [6, 6.07) is 12.7. The smallest absolute Gasteiger partial charge is 0.348 e. The minimum absolute atomic E-state index is 0.236. The van der Waals surface area contributed by atoms with Crippen LogP contribution in [0.3, 0.4) is 0 Å². The number of thiophene rings is 1. The van der Waals surface area contributed by atoms with Crippen molar-refractivity contribution in [2.24, 2.45) is 0 Å². The Morgan fingerprint density at radius 3 is 2.60 bits per heavy atom. The molecule has 1 aliphatic heterocycles. The number of carbonyl (C=O) groups excluding carboxylic acids is 2. The Hall–Kier alpha value is -2.14.